The van der Waals surface area contributed by atoms with E-state index in [1.807, 2.05) is 39.0 Å². The minimum absolute atomic E-state index is 0.00430. The highest BCUT2D eigenvalue weighted by molar-refractivity contribution is 5.87. The number of esters is 1. The van der Waals surface area contributed by atoms with E-state index in [0.29, 0.717) is 17.0 Å². The van der Waals surface area contributed by atoms with Crippen LogP contribution in [0.25, 0.3) is 16.7 Å². The molecule has 0 radical (unpaired) electrons. The highest BCUT2D eigenvalue weighted by atomic mass is 16.7. The lowest BCUT2D eigenvalue weighted by Gasteiger charge is -2.31. The van der Waals surface area contributed by atoms with Gasteiger partial charge in [-0.25, -0.2) is 4.79 Å². The Morgan fingerprint density at radius 1 is 0.971 bits per heavy atom. The molecule has 1 N–H and O–H groups in total. The lowest BCUT2D eigenvalue weighted by molar-refractivity contribution is -0.181. The topological polar surface area (TPSA) is 86.5 Å². The SMILES string of the molecule is C=C(C)C(=O)OC(C)(C)Oc1ccc(-n2nc3cccc(C(C)(C)C)c3n2)c(O)c1C(C)(C)C. The van der Waals surface area contributed by atoms with Crippen molar-refractivity contribution in [2.24, 2.45) is 0 Å². The Kier molecular flexibility index (Phi) is 6.29. The van der Waals surface area contributed by atoms with Crippen molar-refractivity contribution in [3.05, 3.63) is 53.6 Å². The number of rotatable bonds is 5. The fraction of sp³-hybridized carbons (Fsp3) is 0.444. The summed E-state index contributed by atoms with van der Waals surface area (Å²) in [6.45, 7) is 20.8. The molecule has 0 atom stereocenters. The maximum absolute atomic E-state index is 12.0. The van der Waals surface area contributed by atoms with Gasteiger partial charge in [-0.15, -0.1) is 15.0 Å². The summed E-state index contributed by atoms with van der Waals surface area (Å²) in [6, 6.07) is 9.36. The zero-order valence-corrected chi connectivity index (χ0v) is 21.6. The van der Waals surface area contributed by atoms with Gasteiger partial charge in [-0.1, -0.05) is 60.3 Å². The second-order valence-electron chi connectivity index (χ2n) is 11.1. The van der Waals surface area contributed by atoms with Crippen molar-refractivity contribution in [1.82, 2.24) is 15.0 Å². The highest BCUT2D eigenvalue weighted by Crippen LogP contribution is 2.43. The number of phenols is 1. The normalized spacial score (nSPS) is 12.6. The Morgan fingerprint density at radius 2 is 1.62 bits per heavy atom. The van der Waals surface area contributed by atoms with Crippen molar-refractivity contribution in [3.8, 4) is 17.2 Å². The molecule has 34 heavy (non-hydrogen) atoms. The molecule has 3 aromatic rings. The number of aromatic hydroxyl groups is 1. The van der Waals surface area contributed by atoms with Crippen LogP contribution < -0.4 is 4.74 Å². The van der Waals surface area contributed by atoms with Gasteiger partial charge in [0.1, 0.15) is 22.5 Å². The minimum Gasteiger partial charge on any atom is -0.505 e. The molecule has 182 valence electrons. The van der Waals surface area contributed by atoms with Crippen LogP contribution in [0.15, 0.2) is 42.5 Å². The predicted molar refractivity (Wildman–Crippen MR) is 134 cm³/mol. The molecule has 0 bridgehead atoms. The third kappa shape index (κ3) is 5.08. The molecule has 7 nitrogen and oxygen atoms in total. The molecular weight excluding hydrogens is 430 g/mol. The molecular formula is C27H35N3O4. The van der Waals surface area contributed by atoms with Gasteiger partial charge in [-0.2, -0.15) is 0 Å². The van der Waals surface area contributed by atoms with E-state index in [9.17, 15) is 9.90 Å². The van der Waals surface area contributed by atoms with Crippen molar-refractivity contribution in [1.29, 1.82) is 0 Å². The lowest BCUT2D eigenvalue weighted by Crippen LogP contribution is -2.35. The number of carbonyl (C=O) groups excluding carboxylic acids is 1. The maximum atomic E-state index is 12.0. The number of nitrogens with zero attached hydrogens (tertiary/aromatic N) is 3. The summed E-state index contributed by atoms with van der Waals surface area (Å²) in [7, 11) is 0. The number of phenolic OH excluding ortho intramolecular Hbond substituents is 1. The zero-order chi connectivity index (χ0) is 25.6. The number of ether oxygens (including phenoxy) is 2. The molecule has 0 saturated carbocycles. The van der Waals surface area contributed by atoms with E-state index in [1.165, 1.54) is 4.80 Å². The van der Waals surface area contributed by atoms with Gasteiger partial charge in [0.2, 0.25) is 5.79 Å². The van der Waals surface area contributed by atoms with Crippen LogP contribution in [-0.4, -0.2) is 31.9 Å². The van der Waals surface area contributed by atoms with Gasteiger partial charge in [-0.3, -0.25) is 0 Å². The first-order valence-corrected chi connectivity index (χ1v) is 11.3. The van der Waals surface area contributed by atoms with Gasteiger partial charge < -0.3 is 14.6 Å². The van der Waals surface area contributed by atoms with E-state index in [1.54, 1.807) is 32.9 Å². The smallest absolute Gasteiger partial charge is 0.336 e. The van der Waals surface area contributed by atoms with Gasteiger partial charge in [0, 0.05) is 25.0 Å². The first-order chi connectivity index (χ1) is 15.5. The van der Waals surface area contributed by atoms with E-state index in [-0.39, 0.29) is 16.7 Å². The summed E-state index contributed by atoms with van der Waals surface area (Å²) in [5, 5.41) is 20.7. The Bertz CT molecular complexity index is 1260. The molecule has 0 amide bonds. The van der Waals surface area contributed by atoms with Crippen LogP contribution in [0.4, 0.5) is 0 Å². The summed E-state index contributed by atoms with van der Waals surface area (Å²) in [6.07, 6.45) is 0. The lowest BCUT2D eigenvalue weighted by atomic mass is 9.85. The van der Waals surface area contributed by atoms with E-state index in [4.69, 9.17) is 14.6 Å². The van der Waals surface area contributed by atoms with Crippen molar-refractivity contribution in [2.75, 3.05) is 0 Å². The monoisotopic (exact) mass is 465 g/mol. The van der Waals surface area contributed by atoms with Crippen LogP contribution >= 0.6 is 0 Å². The summed E-state index contributed by atoms with van der Waals surface area (Å²) < 4.78 is 11.5. The van der Waals surface area contributed by atoms with Gasteiger partial charge in [0.05, 0.1) is 0 Å². The van der Waals surface area contributed by atoms with E-state index in [0.717, 1.165) is 16.6 Å². The Labute approximate surface area is 201 Å². The summed E-state index contributed by atoms with van der Waals surface area (Å²) in [4.78, 5) is 13.5. The van der Waals surface area contributed by atoms with Crippen molar-refractivity contribution in [3.63, 3.8) is 0 Å². The minimum atomic E-state index is -1.27. The fourth-order valence-electron chi connectivity index (χ4n) is 3.78. The Hall–Kier alpha value is -3.35. The maximum Gasteiger partial charge on any atom is 0.336 e. The van der Waals surface area contributed by atoms with Crippen molar-refractivity contribution in [2.45, 2.75) is 78.9 Å². The van der Waals surface area contributed by atoms with Crippen LogP contribution in [-0.2, 0) is 20.4 Å². The molecule has 0 aliphatic heterocycles. The molecule has 0 saturated heterocycles. The van der Waals surface area contributed by atoms with E-state index >= 15 is 0 Å². The van der Waals surface area contributed by atoms with Crippen LogP contribution in [0.1, 0.15) is 73.4 Å². The average molecular weight is 466 g/mol. The van der Waals surface area contributed by atoms with Crippen molar-refractivity contribution >= 4 is 17.0 Å². The number of hydrogen-bond donors (Lipinski definition) is 1. The van der Waals surface area contributed by atoms with Crippen LogP contribution in [0, 0.1) is 0 Å². The van der Waals surface area contributed by atoms with Gasteiger partial charge in [-0.05, 0) is 41.5 Å². The number of hydrogen-bond acceptors (Lipinski definition) is 6. The zero-order valence-electron chi connectivity index (χ0n) is 21.6. The van der Waals surface area contributed by atoms with Gasteiger partial charge >= 0.3 is 5.97 Å². The average Bonchev–Trinajstić information content (AvgIpc) is 3.09. The molecule has 0 fully saturated rings. The van der Waals surface area contributed by atoms with Crippen molar-refractivity contribution < 1.29 is 19.4 Å². The number of carbonyl (C=O) groups is 1. The van der Waals surface area contributed by atoms with Crippen LogP contribution in [0.5, 0.6) is 11.5 Å². The molecule has 0 spiro atoms. The molecule has 0 aliphatic carbocycles. The molecule has 7 heteroatoms. The molecule has 3 rings (SSSR count). The van der Waals surface area contributed by atoms with E-state index in [2.05, 4.69) is 32.4 Å². The molecule has 0 aliphatic rings. The van der Waals surface area contributed by atoms with E-state index < -0.39 is 17.2 Å². The molecule has 1 heterocycles. The first kappa shape index (κ1) is 25.3. The largest absolute Gasteiger partial charge is 0.505 e. The quantitative estimate of drug-likeness (QED) is 0.284. The molecule has 1 aromatic heterocycles. The van der Waals surface area contributed by atoms with Gasteiger partial charge in [0.15, 0.2) is 5.75 Å². The summed E-state index contributed by atoms with van der Waals surface area (Å²) in [5.74, 6) is -1.42. The second kappa shape index (κ2) is 8.46. The Morgan fingerprint density at radius 3 is 2.18 bits per heavy atom. The highest BCUT2D eigenvalue weighted by Gasteiger charge is 2.32. The predicted octanol–water partition coefficient (Wildman–Crippen LogP) is 5.96. The first-order valence-electron chi connectivity index (χ1n) is 11.3. The Balaban J connectivity index is 2.12. The summed E-state index contributed by atoms with van der Waals surface area (Å²) >= 11 is 0. The van der Waals surface area contributed by atoms with Gasteiger partial charge in [0.25, 0.3) is 0 Å². The fourth-order valence-corrected chi connectivity index (χ4v) is 3.78. The molecule has 0 unspecified atom stereocenters. The van der Waals surface area contributed by atoms with Crippen LogP contribution in [0.2, 0.25) is 0 Å². The number of aromatic nitrogens is 3. The third-order valence-corrected chi connectivity index (χ3v) is 5.35. The number of benzene rings is 2. The third-order valence-electron chi connectivity index (χ3n) is 5.35. The van der Waals surface area contributed by atoms with Crippen LogP contribution in [0.3, 0.4) is 0 Å². The molecule has 2 aromatic carbocycles. The standard InChI is InChI=1S/C27H35N3O4/c1-16(2)24(32)34-27(9,10)33-20-15-14-19(23(31)21(20)26(6,7)8)30-28-18-13-11-12-17(22(18)29-30)25(3,4)5/h11-15,31H,1H2,2-10H3. The second-order valence-corrected chi connectivity index (χ2v) is 11.1. The number of fused-ring (bicyclic) bond motifs is 1. The summed E-state index contributed by atoms with van der Waals surface area (Å²) in [5.41, 5.74) is 3.28.